The van der Waals surface area contributed by atoms with E-state index in [0.717, 1.165) is 5.56 Å². The molecule has 21 heavy (non-hydrogen) atoms. The van der Waals surface area contributed by atoms with Crippen LogP contribution in [0.5, 0.6) is 0 Å². The van der Waals surface area contributed by atoms with E-state index in [4.69, 9.17) is 0 Å². The van der Waals surface area contributed by atoms with Crippen molar-refractivity contribution in [2.75, 3.05) is 0 Å². The third-order valence-electron chi connectivity index (χ3n) is 4.26. The Balaban J connectivity index is 1.90. The van der Waals surface area contributed by atoms with Crippen LogP contribution in [0.1, 0.15) is 76.2 Å². The molecule has 2 rings (SSSR count). The molecule has 0 radical (unpaired) electrons. The van der Waals surface area contributed by atoms with Gasteiger partial charge in [-0.2, -0.15) is 0 Å². The predicted octanol–water partition coefficient (Wildman–Crippen LogP) is 6.27. The highest BCUT2D eigenvalue weighted by atomic mass is 14.1. The summed E-state index contributed by atoms with van der Waals surface area (Å²) in [6.07, 6.45) is 17.3. The normalized spacial score (nSPS) is 17.8. The molecule has 0 aromatic heterocycles. The van der Waals surface area contributed by atoms with Crippen molar-refractivity contribution in [2.24, 2.45) is 0 Å². The largest absolute Gasteiger partial charge is 0.0697 e. The number of hydrogen-bond acceptors (Lipinski definition) is 0. The van der Waals surface area contributed by atoms with Crippen molar-refractivity contribution in [3.8, 4) is 11.8 Å². The van der Waals surface area contributed by atoms with Gasteiger partial charge in [0.25, 0.3) is 0 Å². The summed E-state index contributed by atoms with van der Waals surface area (Å²) >= 11 is 0. The number of hydrogen-bond donors (Lipinski definition) is 0. The first kappa shape index (κ1) is 15.9. The van der Waals surface area contributed by atoms with Gasteiger partial charge in [-0.05, 0) is 43.9 Å². The minimum Gasteiger partial charge on any atom is -0.0697 e. The second-order valence-corrected chi connectivity index (χ2v) is 6.12. The van der Waals surface area contributed by atoms with Gasteiger partial charge >= 0.3 is 0 Å². The summed E-state index contributed by atoms with van der Waals surface area (Å²) in [5.74, 6) is 6.52. The lowest BCUT2D eigenvalue weighted by molar-refractivity contribution is 0.540. The second-order valence-electron chi connectivity index (χ2n) is 6.12. The third-order valence-corrected chi connectivity index (χ3v) is 4.26. The fourth-order valence-electron chi connectivity index (χ4n) is 2.95. The molecule has 1 aromatic carbocycles. The molecule has 0 bridgehead atoms. The number of benzene rings is 1. The zero-order chi connectivity index (χ0) is 14.6. The van der Waals surface area contributed by atoms with Crippen LogP contribution in [0.3, 0.4) is 0 Å². The molecule has 0 aliphatic heterocycles. The summed E-state index contributed by atoms with van der Waals surface area (Å²) in [6.45, 7) is 0. The van der Waals surface area contributed by atoms with Crippen LogP contribution in [0, 0.1) is 11.8 Å². The van der Waals surface area contributed by atoms with E-state index in [9.17, 15) is 0 Å². The topological polar surface area (TPSA) is 0 Å². The molecule has 1 aliphatic carbocycles. The van der Waals surface area contributed by atoms with Gasteiger partial charge in [0.2, 0.25) is 0 Å². The van der Waals surface area contributed by atoms with Crippen LogP contribution >= 0.6 is 0 Å². The number of allylic oxidation sites excluding steroid dienone is 2. The van der Waals surface area contributed by atoms with E-state index < -0.39 is 0 Å². The first-order chi connectivity index (χ1) is 10.4. The van der Waals surface area contributed by atoms with E-state index >= 15 is 0 Å². The highest BCUT2D eigenvalue weighted by molar-refractivity contribution is 5.37. The summed E-state index contributed by atoms with van der Waals surface area (Å²) in [6, 6.07) is 10.3. The van der Waals surface area contributed by atoms with Crippen LogP contribution in [0.4, 0.5) is 0 Å². The Bertz CT molecular complexity index is 456. The lowest BCUT2D eigenvalue weighted by Crippen LogP contribution is -1.90. The second kappa shape index (κ2) is 10.3. The van der Waals surface area contributed by atoms with Crippen molar-refractivity contribution in [1.82, 2.24) is 0 Å². The maximum absolute atomic E-state index is 3.27. The van der Waals surface area contributed by atoms with Gasteiger partial charge in [-0.1, -0.05) is 80.6 Å². The molecule has 1 aromatic rings. The summed E-state index contributed by atoms with van der Waals surface area (Å²) in [5.41, 5.74) is 2.68. The van der Waals surface area contributed by atoms with Crippen LogP contribution in [-0.2, 0) is 0 Å². The van der Waals surface area contributed by atoms with Gasteiger partial charge in [-0.3, -0.25) is 0 Å². The minimum atomic E-state index is 1.11. The molecule has 1 saturated carbocycles. The molecule has 0 nitrogen and oxygen atoms in total. The maximum atomic E-state index is 3.27. The van der Waals surface area contributed by atoms with Crippen LogP contribution < -0.4 is 0 Å². The third kappa shape index (κ3) is 7.19. The molecular formula is C21H28. The zero-order valence-electron chi connectivity index (χ0n) is 13.2. The van der Waals surface area contributed by atoms with E-state index in [2.05, 4.69) is 30.0 Å². The van der Waals surface area contributed by atoms with E-state index in [0.29, 0.717) is 0 Å². The average Bonchev–Trinajstić information content (AvgIpc) is 2.51. The molecular weight excluding hydrogens is 252 g/mol. The standard InChI is InChI=1S/C21H28/c1-2-4-6-9-14-20(15-10-7-5-3-1)18-13-19-21-16-11-8-12-17-21/h8,11-12,16-18H,1-7,9-10,14-15H2. The summed E-state index contributed by atoms with van der Waals surface area (Å²) in [5, 5.41) is 0. The summed E-state index contributed by atoms with van der Waals surface area (Å²) < 4.78 is 0. The van der Waals surface area contributed by atoms with Gasteiger partial charge in [-0.15, -0.1) is 0 Å². The van der Waals surface area contributed by atoms with E-state index in [1.165, 1.54) is 70.6 Å². The van der Waals surface area contributed by atoms with Crippen molar-refractivity contribution < 1.29 is 0 Å². The molecule has 112 valence electrons. The molecule has 0 saturated heterocycles. The lowest BCUT2D eigenvalue weighted by Gasteiger charge is -2.09. The predicted molar refractivity (Wildman–Crippen MR) is 92.2 cm³/mol. The van der Waals surface area contributed by atoms with Crippen LogP contribution in [-0.4, -0.2) is 0 Å². The van der Waals surface area contributed by atoms with E-state index in [-0.39, 0.29) is 0 Å². The zero-order valence-corrected chi connectivity index (χ0v) is 13.2. The van der Waals surface area contributed by atoms with Crippen molar-refractivity contribution >= 4 is 0 Å². The Morgan fingerprint density at radius 2 is 1.19 bits per heavy atom. The fourth-order valence-corrected chi connectivity index (χ4v) is 2.95. The minimum absolute atomic E-state index is 1.11. The van der Waals surface area contributed by atoms with Crippen molar-refractivity contribution in [3.05, 3.63) is 47.5 Å². The first-order valence-corrected chi connectivity index (χ1v) is 8.70. The van der Waals surface area contributed by atoms with Gasteiger partial charge in [0.15, 0.2) is 0 Å². The molecule has 0 unspecified atom stereocenters. The highest BCUT2D eigenvalue weighted by Gasteiger charge is 2.01. The van der Waals surface area contributed by atoms with Crippen LogP contribution in [0.15, 0.2) is 42.0 Å². The molecule has 0 N–H and O–H groups in total. The van der Waals surface area contributed by atoms with E-state index in [1.54, 1.807) is 5.57 Å². The molecule has 0 heterocycles. The van der Waals surface area contributed by atoms with Crippen molar-refractivity contribution in [3.63, 3.8) is 0 Å². The Hall–Kier alpha value is -1.48. The Labute approximate surface area is 130 Å². The highest BCUT2D eigenvalue weighted by Crippen LogP contribution is 2.20. The monoisotopic (exact) mass is 280 g/mol. The lowest BCUT2D eigenvalue weighted by atomic mass is 9.97. The molecule has 0 heteroatoms. The molecule has 0 spiro atoms. The Morgan fingerprint density at radius 1 is 0.667 bits per heavy atom. The molecule has 1 fully saturated rings. The van der Waals surface area contributed by atoms with Gasteiger partial charge in [-0.25, -0.2) is 0 Å². The Morgan fingerprint density at radius 3 is 1.76 bits per heavy atom. The summed E-state index contributed by atoms with van der Waals surface area (Å²) in [7, 11) is 0. The summed E-state index contributed by atoms with van der Waals surface area (Å²) in [4.78, 5) is 0. The van der Waals surface area contributed by atoms with Gasteiger partial charge < -0.3 is 0 Å². The first-order valence-electron chi connectivity index (χ1n) is 8.70. The number of rotatable bonds is 0. The molecule has 0 atom stereocenters. The maximum Gasteiger partial charge on any atom is 0.0248 e. The van der Waals surface area contributed by atoms with E-state index in [1.807, 2.05) is 18.2 Å². The quantitative estimate of drug-likeness (QED) is 0.491. The fraction of sp³-hybridized carbons (Fsp3) is 0.524. The molecule has 0 amide bonds. The Kier molecular flexibility index (Phi) is 7.78. The SMILES string of the molecule is C(#Cc1ccccc1)C=C1CCCCCCCCCCC1. The van der Waals surface area contributed by atoms with Gasteiger partial charge in [0, 0.05) is 5.56 Å². The van der Waals surface area contributed by atoms with Crippen molar-refractivity contribution in [2.45, 2.75) is 70.6 Å². The van der Waals surface area contributed by atoms with Crippen molar-refractivity contribution in [1.29, 1.82) is 0 Å². The van der Waals surface area contributed by atoms with Gasteiger partial charge in [0.1, 0.15) is 0 Å². The van der Waals surface area contributed by atoms with Crippen LogP contribution in [0.25, 0.3) is 0 Å². The van der Waals surface area contributed by atoms with Gasteiger partial charge in [0.05, 0.1) is 0 Å². The average molecular weight is 280 g/mol. The smallest absolute Gasteiger partial charge is 0.0248 e. The van der Waals surface area contributed by atoms with Crippen LogP contribution in [0.2, 0.25) is 0 Å². The molecule has 1 aliphatic rings.